The maximum Gasteiger partial charge on any atom is 0.254 e. The Morgan fingerprint density at radius 3 is 2.50 bits per heavy atom. The second-order valence-electron chi connectivity index (χ2n) is 10.3. The summed E-state index contributed by atoms with van der Waals surface area (Å²) in [5.74, 6) is 0.589. The number of benzene rings is 3. The molecule has 8 heteroatoms. The van der Waals surface area contributed by atoms with Crippen molar-refractivity contribution in [2.24, 2.45) is 0 Å². The van der Waals surface area contributed by atoms with Gasteiger partial charge in [-0.25, -0.2) is 0 Å². The first-order valence-electron chi connectivity index (χ1n) is 14.6. The molecule has 0 aromatic heterocycles. The van der Waals surface area contributed by atoms with Gasteiger partial charge >= 0.3 is 0 Å². The maximum absolute atomic E-state index is 14.2. The van der Waals surface area contributed by atoms with Crippen LogP contribution in [0.1, 0.15) is 52.4 Å². The standard InChI is InChI=1S/C34H39N3O5/c1-4-41-29-15-14-23(20-30(29)42-5-2)16-17-36-33(38)31-26-12-8-9-13-27(26)34(39)37(18-19-40-3)32(31)28-22-35-21-24-10-6-7-11-25(24)28/h6-15,20,22,31-32,35H,4-5,16-19,21H2,1-3H3,(H,36,38). The Morgan fingerprint density at radius 2 is 1.71 bits per heavy atom. The van der Waals surface area contributed by atoms with Gasteiger partial charge in [-0.15, -0.1) is 0 Å². The summed E-state index contributed by atoms with van der Waals surface area (Å²) >= 11 is 0. The van der Waals surface area contributed by atoms with Crippen molar-refractivity contribution < 1.29 is 23.8 Å². The van der Waals surface area contributed by atoms with E-state index in [1.807, 2.05) is 74.6 Å². The number of nitrogens with one attached hydrogen (secondary N) is 2. The van der Waals surface area contributed by atoms with Gasteiger partial charge in [-0.1, -0.05) is 48.5 Å². The molecule has 0 saturated carbocycles. The van der Waals surface area contributed by atoms with Crippen LogP contribution in [0, 0.1) is 0 Å². The Morgan fingerprint density at radius 1 is 0.976 bits per heavy atom. The summed E-state index contributed by atoms with van der Waals surface area (Å²) in [6, 6.07) is 21.0. The lowest BCUT2D eigenvalue weighted by Gasteiger charge is -2.43. The average Bonchev–Trinajstić information content (AvgIpc) is 3.01. The average molecular weight is 570 g/mol. The fourth-order valence-corrected chi connectivity index (χ4v) is 5.90. The molecule has 0 radical (unpaired) electrons. The topological polar surface area (TPSA) is 89.1 Å². The number of carbonyl (C=O) groups excluding carboxylic acids is 2. The van der Waals surface area contributed by atoms with E-state index in [1.165, 1.54) is 0 Å². The molecular formula is C34H39N3O5. The van der Waals surface area contributed by atoms with E-state index in [0.29, 0.717) is 62.9 Å². The molecule has 2 N–H and O–H groups in total. The Hall–Kier alpha value is -4.30. The molecule has 3 aromatic rings. The quantitative estimate of drug-likeness (QED) is 0.333. The first-order valence-corrected chi connectivity index (χ1v) is 14.6. The second-order valence-corrected chi connectivity index (χ2v) is 10.3. The molecule has 0 bridgehead atoms. The van der Waals surface area contributed by atoms with E-state index in [0.717, 1.165) is 27.8 Å². The zero-order valence-electron chi connectivity index (χ0n) is 24.5. The summed E-state index contributed by atoms with van der Waals surface area (Å²) < 4.78 is 16.9. The molecule has 2 unspecified atom stereocenters. The molecule has 0 spiro atoms. The van der Waals surface area contributed by atoms with Crippen LogP contribution in [-0.2, 0) is 22.5 Å². The largest absolute Gasteiger partial charge is 0.490 e. The molecular weight excluding hydrogens is 530 g/mol. The van der Waals surface area contributed by atoms with E-state index in [2.05, 4.69) is 22.8 Å². The van der Waals surface area contributed by atoms with Gasteiger partial charge in [-0.05, 0) is 66.3 Å². The number of amides is 2. The van der Waals surface area contributed by atoms with Gasteiger partial charge in [0.1, 0.15) is 0 Å². The van der Waals surface area contributed by atoms with Crippen LogP contribution < -0.4 is 20.1 Å². The van der Waals surface area contributed by atoms with Crippen LogP contribution in [0.25, 0.3) is 5.57 Å². The van der Waals surface area contributed by atoms with Crippen molar-refractivity contribution in [2.75, 3.05) is 40.0 Å². The monoisotopic (exact) mass is 569 g/mol. The highest BCUT2D eigenvalue weighted by molar-refractivity contribution is 6.03. The summed E-state index contributed by atoms with van der Waals surface area (Å²) in [5.41, 5.74) is 5.42. The molecule has 8 nitrogen and oxygen atoms in total. The zero-order chi connectivity index (χ0) is 29.5. The van der Waals surface area contributed by atoms with Gasteiger partial charge in [-0.2, -0.15) is 0 Å². The predicted molar refractivity (Wildman–Crippen MR) is 163 cm³/mol. The van der Waals surface area contributed by atoms with Crippen LogP contribution >= 0.6 is 0 Å². The van der Waals surface area contributed by atoms with Crippen molar-refractivity contribution >= 4 is 17.4 Å². The number of hydrogen-bond acceptors (Lipinski definition) is 6. The third-order valence-corrected chi connectivity index (χ3v) is 7.78. The third kappa shape index (κ3) is 5.99. The van der Waals surface area contributed by atoms with Gasteiger partial charge in [-0.3, -0.25) is 9.59 Å². The fourth-order valence-electron chi connectivity index (χ4n) is 5.90. The summed E-state index contributed by atoms with van der Waals surface area (Å²) in [4.78, 5) is 29.9. The van der Waals surface area contributed by atoms with E-state index in [1.54, 1.807) is 12.0 Å². The second kappa shape index (κ2) is 13.6. The van der Waals surface area contributed by atoms with Crippen molar-refractivity contribution in [3.05, 3.63) is 101 Å². The van der Waals surface area contributed by atoms with Gasteiger partial charge in [0.2, 0.25) is 5.91 Å². The van der Waals surface area contributed by atoms with Crippen LogP contribution in [0.4, 0.5) is 0 Å². The SMILES string of the molecule is CCOc1ccc(CCNC(=O)C2c3ccccc3C(=O)N(CCOC)C2C2=CNCc3ccccc32)cc1OCC. The highest BCUT2D eigenvalue weighted by Crippen LogP contribution is 2.41. The Kier molecular flexibility index (Phi) is 9.44. The molecule has 2 heterocycles. The molecule has 2 amide bonds. The Labute approximate surface area is 247 Å². The Balaban J connectivity index is 1.46. The van der Waals surface area contributed by atoms with Gasteiger partial charge in [0.05, 0.1) is 31.8 Å². The number of fused-ring (bicyclic) bond motifs is 2. The maximum atomic E-state index is 14.2. The van der Waals surface area contributed by atoms with E-state index < -0.39 is 12.0 Å². The highest BCUT2D eigenvalue weighted by atomic mass is 16.5. The zero-order valence-corrected chi connectivity index (χ0v) is 24.5. The van der Waals surface area contributed by atoms with Crippen LogP contribution in [0.15, 0.2) is 72.9 Å². The molecule has 0 fully saturated rings. The van der Waals surface area contributed by atoms with Crippen molar-refractivity contribution in [1.29, 1.82) is 0 Å². The first-order chi connectivity index (χ1) is 20.6. The molecule has 3 aromatic carbocycles. The lowest BCUT2D eigenvalue weighted by Crippen LogP contribution is -2.54. The van der Waals surface area contributed by atoms with Crippen molar-refractivity contribution in [1.82, 2.24) is 15.5 Å². The molecule has 5 rings (SSSR count). The minimum absolute atomic E-state index is 0.0986. The van der Waals surface area contributed by atoms with Gasteiger partial charge in [0, 0.05) is 38.5 Å². The number of hydrogen-bond donors (Lipinski definition) is 2. The van der Waals surface area contributed by atoms with Crippen LogP contribution in [-0.4, -0.2) is 62.8 Å². The summed E-state index contributed by atoms with van der Waals surface area (Å²) in [5, 5.41) is 6.56. The van der Waals surface area contributed by atoms with Crippen molar-refractivity contribution in [3.8, 4) is 11.5 Å². The minimum Gasteiger partial charge on any atom is -0.490 e. The van der Waals surface area contributed by atoms with Crippen molar-refractivity contribution in [3.63, 3.8) is 0 Å². The smallest absolute Gasteiger partial charge is 0.254 e. The van der Waals surface area contributed by atoms with Gasteiger partial charge < -0.3 is 29.7 Å². The first kappa shape index (κ1) is 29.2. The summed E-state index contributed by atoms with van der Waals surface area (Å²) in [7, 11) is 1.62. The molecule has 220 valence electrons. The molecule has 2 aliphatic heterocycles. The number of carbonyl (C=O) groups is 2. The van der Waals surface area contributed by atoms with Gasteiger partial charge in [0.25, 0.3) is 5.91 Å². The highest BCUT2D eigenvalue weighted by Gasteiger charge is 2.45. The number of nitrogens with zero attached hydrogens (tertiary/aromatic N) is 1. The van der Waals surface area contributed by atoms with Gasteiger partial charge in [0.15, 0.2) is 11.5 Å². The Bertz CT molecular complexity index is 1450. The summed E-state index contributed by atoms with van der Waals surface area (Å²) in [6.45, 7) is 6.83. The molecule has 2 atom stereocenters. The van der Waals surface area contributed by atoms with Crippen LogP contribution in [0.2, 0.25) is 0 Å². The van der Waals surface area contributed by atoms with Crippen LogP contribution in [0.3, 0.4) is 0 Å². The normalized spacial score (nSPS) is 17.5. The molecule has 42 heavy (non-hydrogen) atoms. The fraction of sp³-hybridized carbons (Fsp3) is 0.353. The predicted octanol–water partition coefficient (Wildman–Crippen LogP) is 4.54. The molecule has 2 aliphatic rings. The minimum atomic E-state index is -0.603. The number of methoxy groups -OCH3 is 1. The van der Waals surface area contributed by atoms with Crippen LogP contribution in [0.5, 0.6) is 11.5 Å². The van der Waals surface area contributed by atoms with E-state index in [9.17, 15) is 9.59 Å². The molecule has 0 saturated heterocycles. The van der Waals surface area contributed by atoms with E-state index >= 15 is 0 Å². The van der Waals surface area contributed by atoms with E-state index in [4.69, 9.17) is 14.2 Å². The van der Waals surface area contributed by atoms with E-state index in [-0.39, 0.29) is 11.8 Å². The third-order valence-electron chi connectivity index (χ3n) is 7.78. The van der Waals surface area contributed by atoms with Crippen molar-refractivity contribution in [2.45, 2.75) is 38.8 Å². The summed E-state index contributed by atoms with van der Waals surface area (Å²) in [6.07, 6.45) is 2.58. The lowest BCUT2D eigenvalue weighted by molar-refractivity contribution is -0.123. The lowest BCUT2D eigenvalue weighted by atomic mass is 9.76. The number of rotatable bonds is 12. The molecule has 0 aliphatic carbocycles. The number of ether oxygens (including phenoxy) is 3.